The van der Waals surface area contributed by atoms with E-state index < -0.39 is 0 Å². The van der Waals surface area contributed by atoms with E-state index in [1.807, 2.05) is 12.1 Å². The number of aromatic nitrogens is 1. The lowest BCUT2D eigenvalue weighted by Gasteiger charge is -2.36. The molecule has 2 heterocycles. The summed E-state index contributed by atoms with van der Waals surface area (Å²) in [6.45, 7) is 2.79. The predicted octanol–water partition coefficient (Wildman–Crippen LogP) is 0.878. The van der Waals surface area contributed by atoms with Crippen molar-refractivity contribution in [3.05, 3.63) is 29.0 Å². The van der Waals surface area contributed by atoms with E-state index in [9.17, 15) is 0 Å². The normalized spacial score (nSPS) is 18.6. The van der Waals surface area contributed by atoms with Gasteiger partial charge < -0.3 is 5.73 Å². The summed E-state index contributed by atoms with van der Waals surface area (Å²) in [6.07, 6.45) is 1.70. The SMILES string of the molecule is NC1CN(Cc2cccnc2Cl)C1. The van der Waals surface area contributed by atoms with E-state index in [0.717, 1.165) is 25.2 Å². The molecule has 0 saturated carbocycles. The first kappa shape index (κ1) is 8.94. The smallest absolute Gasteiger partial charge is 0.133 e. The van der Waals surface area contributed by atoms with Gasteiger partial charge in [0.15, 0.2) is 0 Å². The van der Waals surface area contributed by atoms with Crippen molar-refractivity contribution in [3.8, 4) is 0 Å². The molecule has 1 saturated heterocycles. The van der Waals surface area contributed by atoms with Gasteiger partial charge in [-0.3, -0.25) is 4.90 Å². The topological polar surface area (TPSA) is 42.1 Å². The number of nitrogens with zero attached hydrogens (tertiary/aromatic N) is 2. The molecule has 0 spiro atoms. The minimum atomic E-state index is 0.343. The summed E-state index contributed by atoms with van der Waals surface area (Å²) in [6, 6.07) is 4.25. The van der Waals surface area contributed by atoms with Gasteiger partial charge in [0.2, 0.25) is 0 Å². The Labute approximate surface area is 82.5 Å². The zero-order valence-electron chi connectivity index (χ0n) is 7.28. The molecule has 3 nitrogen and oxygen atoms in total. The van der Waals surface area contributed by atoms with E-state index in [4.69, 9.17) is 17.3 Å². The van der Waals surface area contributed by atoms with Gasteiger partial charge >= 0.3 is 0 Å². The molecule has 70 valence electrons. The fourth-order valence-corrected chi connectivity index (χ4v) is 1.70. The Bertz CT molecular complexity index is 297. The molecule has 0 radical (unpaired) electrons. The van der Waals surface area contributed by atoms with Gasteiger partial charge in [-0.05, 0) is 6.07 Å². The van der Waals surface area contributed by atoms with Crippen molar-refractivity contribution in [2.24, 2.45) is 5.73 Å². The molecule has 1 fully saturated rings. The van der Waals surface area contributed by atoms with Gasteiger partial charge in [0.05, 0.1) is 0 Å². The van der Waals surface area contributed by atoms with E-state index >= 15 is 0 Å². The Morgan fingerprint density at radius 3 is 3.00 bits per heavy atom. The third-order valence-electron chi connectivity index (χ3n) is 2.22. The highest BCUT2D eigenvalue weighted by molar-refractivity contribution is 6.30. The Balaban J connectivity index is 1.98. The molecule has 1 aromatic heterocycles. The first-order valence-electron chi connectivity index (χ1n) is 4.33. The minimum Gasteiger partial charge on any atom is -0.325 e. The molecule has 1 aliphatic heterocycles. The molecular formula is C9H12ClN3. The molecule has 0 aliphatic carbocycles. The zero-order valence-corrected chi connectivity index (χ0v) is 8.04. The van der Waals surface area contributed by atoms with Crippen molar-refractivity contribution >= 4 is 11.6 Å². The maximum Gasteiger partial charge on any atom is 0.133 e. The van der Waals surface area contributed by atoms with Gasteiger partial charge in [-0.25, -0.2) is 4.98 Å². The van der Waals surface area contributed by atoms with Crippen LogP contribution in [-0.4, -0.2) is 29.0 Å². The standard InChI is InChI=1S/C9H12ClN3/c10-9-7(2-1-3-12-9)4-13-5-8(11)6-13/h1-3,8H,4-6,11H2. The molecular weight excluding hydrogens is 186 g/mol. The zero-order chi connectivity index (χ0) is 9.26. The molecule has 2 rings (SSSR count). The first-order chi connectivity index (χ1) is 6.25. The number of pyridine rings is 1. The minimum absolute atomic E-state index is 0.343. The summed E-state index contributed by atoms with van der Waals surface area (Å²) < 4.78 is 0. The molecule has 1 aliphatic rings. The fourth-order valence-electron chi connectivity index (χ4n) is 1.52. The third-order valence-corrected chi connectivity index (χ3v) is 2.56. The Kier molecular flexibility index (Phi) is 2.49. The maximum absolute atomic E-state index is 5.92. The molecule has 4 heteroatoms. The van der Waals surface area contributed by atoms with Crippen LogP contribution in [0, 0.1) is 0 Å². The second kappa shape index (κ2) is 3.62. The van der Waals surface area contributed by atoms with E-state index in [2.05, 4.69) is 9.88 Å². The number of halogens is 1. The monoisotopic (exact) mass is 197 g/mol. The van der Waals surface area contributed by atoms with Gasteiger partial charge in [-0.2, -0.15) is 0 Å². The molecule has 0 aromatic carbocycles. The van der Waals surface area contributed by atoms with Gasteiger partial charge in [-0.15, -0.1) is 0 Å². The molecule has 0 bridgehead atoms. The summed E-state index contributed by atoms with van der Waals surface area (Å²) in [7, 11) is 0. The maximum atomic E-state index is 5.92. The van der Waals surface area contributed by atoms with Crippen LogP contribution in [0.1, 0.15) is 5.56 Å². The van der Waals surface area contributed by atoms with Gasteiger partial charge in [0.25, 0.3) is 0 Å². The molecule has 2 N–H and O–H groups in total. The lowest BCUT2D eigenvalue weighted by atomic mass is 10.1. The van der Waals surface area contributed by atoms with Crippen LogP contribution in [0.15, 0.2) is 18.3 Å². The second-order valence-electron chi connectivity index (χ2n) is 3.41. The Hall–Kier alpha value is -0.640. The number of rotatable bonds is 2. The van der Waals surface area contributed by atoms with Gasteiger partial charge in [0.1, 0.15) is 5.15 Å². The van der Waals surface area contributed by atoms with Crippen LogP contribution in [0.4, 0.5) is 0 Å². The Morgan fingerprint density at radius 1 is 1.62 bits per heavy atom. The summed E-state index contributed by atoms with van der Waals surface area (Å²) in [5.74, 6) is 0. The van der Waals surface area contributed by atoms with E-state index in [0.29, 0.717) is 11.2 Å². The summed E-state index contributed by atoms with van der Waals surface area (Å²) in [5, 5.41) is 0.600. The molecule has 0 atom stereocenters. The largest absolute Gasteiger partial charge is 0.325 e. The molecule has 1 aromatic rings. The van der Waals surface area contributed by atoms with E-state index in [1.54, 1.807) is 6.20 Å². The van der Waals surface area contributed by atoms with Crippen molar-refractivity contribution < 1.29 is 0 Å². The van der Waals surface area contributed by atoms with Crippen LogP contribution in [0.5, 0.6) is 0 Å². The molecule has 0 unspecified atom stereocenters. The third kappa shape index (κ3) is 1.99. The average Bonchev–Trinajstić information content (AvgIpc) is 2.06. The number of hydrogen-bond acceptors (Lipinski definition) is 3. The van der Waals surface area contributed by atoms with Crippen LogP contribution < -0.4 is 5.73 Å². The molecule has 13 heavy (non-hydrogen) atoms. The van der Waals surface area contributed by atoms with Crippen LogP contribution in [0.3, 0.4) is 0 Å². The molecule has 0 amide bonds. The lowest BCUT2D eigenvalue weighted by Crippen LogP contribution is -2.54. The van der Waals surface area contributed by atoms with Gasteiger partial charge in [0, 0.05) is 37.4 Å². The van der Waals surface area contributed by atoms with Crippen LogP contribution in [-0.2, 0) is 6.54 Å². The Morgan fingerprint density at radius 2 is 2.38 bits per heavy atom. The van der Waals surface area contributed by atoms with Crippen molar-refractivity contribution in [1.82, 2.24) is 9.88 Å². The number of nitrogens with two attached hydrogens (primary N) is 1. The summed E-state index contributed by atoms with van der Waals surface area (Å²) >= 11 is 5.92. The van der Waals surface area contributed by atoms with Crippen LogP contribution in [0.25, 0.3) is 0 Å². The van der Waals surface area contributed by atoms with Crippen molar-refractivity contribution in [1.29, 1.82) is 0 Å². The van der Waals surface area contributed by atoms with Crippen molar-refractivity contribution in [3.63, 3.8) is 0 Å². The predicted molar refractivity (Wildman–Crippen MR) is 52.5 cm³/mol. The quantitative estimate of drug-likeness (QED) is 0.716. The highest BCUT2D eigenvalue weighted by atomic mass is 35.5. The lowest BCUT2D eigenvalue weighted by molar-refractivity contribution is 0.142. The fraction of sp³-hybridized carbons (Fsp3) is 0.444. The van der Waals surface area contributed by atoms with Gasteiger partial charge in [-0.1, -0.05) is 17.7 Å². The average molecular weight is 198 g/mol. The number of hydrogen-bond donors (Lipinski definition) is 1. The van der Waals surface area contributed by atoms with E-state index in [-0.39, 0.29) is 0 Å². The summed E-state index contributed by atoms with van der Waals surface area (Å²) in [5.41, 5.74) is 6.75. The first-order valence-corrected chi connectivity index (χ1v) is 4.71. The summed E-state index contributed by atoms with van der Waals surface area (Å²) in [4.78, 5) is 6.27. The van der Waals surface area contributed by atoms with Crippen molar-refractivity contribution in [2.75, 3.05) is 13.1 Å². The van der Waals surface area contributed by atoms with Crippen LogP contribution >= 0.6 is 11.6 Å². The highest BCUT2D eigenvalue weighted by Gasteiger charge is 2.23. The van der Waals surface area contributed by atoms with Crippen LogP contribution in [0.2, 0.25) is 5.15 Å². The number of likely N-dealkylation sites (tertiary alicyclic amines) is 1. The highest BCUT2D eigenvalue weighted by Crippen LogP contribution is 2.17. The van der Waals surface area contributed by atoms with E-state index in [1.165, 1.54) is 0 Å². The second-order valence-corrected chi connectivity index (χ2v) is 3.77. The van der Waals surface area contributed by atoms with Crippen molar-refractivity contribution in [2.45, 2.75) is 12.6 Å².